The van der Waals surface area contributed by atoms with Gasteiger partial charge >= 0.3 is 6.09 Å². The lowest BCUT2D eigenvalue weighted by Crippen LogP contribution is -2.55. The van der Waals surface area contributed by atoms with Crippen molar-refractivity contribution >= 4 is 51.4 Å². The average molecular weight is 971 g/mol. The fourth-order valence-electron chi connectivity index (χ4n) is 8.87. The standard InChI is InChI=1S/C52H70N6O10S/c1-52(2,3)68-51(65)54-32-20-19-31-43(47(61)57-44(36-37-22-10-8-11-23-37)45(59)48(62)53-33-34-55-69(66,67)39-26-12-9-13-27-39)56-46(60)40(38-24-15-16-25-38)28-14-6-4-5-7-21-35-58-49(63)41-29-17-18-30-42(41)50(58)64/h8-13,17-18,22-23,26-27,29-30,38,40,43-44,55H,4-7,14-16,19-21,24-25,28,31-36H2,1-3H3,(H,53,62)(H,54,65)(H,56,60)(H,57,61)/t40?,43-,44-/m0/s1. The van der Waals surface area contributed by atoms with Crippen molar-refractivity contribution in [1.29, 1.82) is 0 Å². The van der Waals surface area contributed by atoms with Gasteiger partial charge in [0.1, 0.15) is 17.7 Å². The number of ketones is 1. The van der Waals surface area contributed by atoms with Gasteiger partial charge in [0.05, 0.1) is 16.0 Å². The number of benzene rings is 3. The Hall–Kier alpha value is -5.94. The number of carbonyl (C=O) groups excluding carboxylic acids is 7. The number of ether oxygens (including phenoxy) is 1. The van der Waals surface area contributed by atoms with Gasteiger partial charge < -0.3 is 26.0 Å². The van der Waals surface area contributed by atoms with Crippen LogP contribution in [0.5, 0.6) is 0 Å². The third kappa shape index (κ3) is 17.2. The zero-order valence-corrected chi connectivity index (χ0v) is 41.1. The fourth-order valence-corrected chi connectivity index (χ4v) is 9.92. The lowest BCUT2D eigenvalue weighted by atomic mass is 9.85. The molecule has 6 amide bonds. The van der Waals surface area contributed by atoms with Gasteiger partial charge in [-0.3, -0.25) is 33.7 Å². The van der Waals surface area contributed by atoms with E-state index in [4.69, 9.17) is 4.74 Å². The Labute approximate surface area is 406 Å². The molecule has 3 atom stereocenters. The highest BCUT2D eigenvalue weighted by atomic mass is 32.2. The quantitative estimate of drug-likeness (QED) is 0.0306. The van der Waals surface area contributed by atoms with Gasteiger partial charge in [-0.1, -0.05) is 106 Å². The maximum Gasteiger partial charge on any atom is 0.407 e. The number of fused-ring (bicyclic) bond motifs is 1. The Balaban J connectivity index is 1.19. The lowest BCUT2D eigenvalue weighted by Gasteiger charge is -2.27. The number of Topliss-reactive ketones (excluding diaryl/α,β-unsaturated/α-hetero) is 1. The van der Waals surface area contributed by atoms with Crippen molar-refractivity contribution in [1.82, 2.24) is 30.9 Å². The van der Waals surface area contributed by atoms with E-state index < -0.39 is 51.4 Å². The first-order valence-electron chi connectivity index (χ1n) is 24.5. The molecule has 0 spiro atoms. The number of sulfonamides is 1. The molecule has 1 aliphatic heterocycles. The highest BCUT2D eigenvalue weighted by Crippen LogP contribution is 2.35. The number of carbonyl (C=O) groups is 7. The molecule has 1 fully saturated rings. The molecule has 3 aromatic carbocycles. The Morgan fingerprint density at radius 2 is 1.22 bits per heavy atom. The minimum atomic E-state index is -3.85. The van der Waals surface area contributed by atoms with Gasteiger partial charge in [0.15, 0.2) is 0 Å². The zero-order chi connectivity index (χ0) is 49.8. The fraction of sp³-hybridized carbons (Fsp3) is 0.519. The molecule has 1 aliphatic carbocycles. The van der Waals surface area contributed by atoms with E-state index in [2.05, 4.69) is 26.0 Å². The second kappa shape index (κ2) is 26.7. The van der Waals surface area contributed by atoms with Crippen LogP contribution in [0.4, 0.5) is 4.79 Å². The number of unbranched alkanes of at least 4 members (excludes halogenated alkanes) is 6. The van der Waals surface area contributed by atoms with Gasteiger partial charge in [-0.2, -0.15) is 0 Å². The van der Waals surface area contributed by atoms with Crippen LogP contribution in [0.1, 0.15) is 137 Å². The summed E-state index contributed by atoms with van der Waals surface area (Å²) in [5.74, 6) is -3.48. The highest BCUT2D eigenvalue weighted by Gasteiger charge is 2.36. The minimum Gasteiger partial charge on any atom is -0.444 e. The molecule has 2 aliphatic rings. The monoisotopic (exact) mass is 970 g/mol. The normalized spacial score (nSPS) is 15.2. The number of alkyl carbamates (subject to hydrolysis) is 1. The van der Waals surface area contributed by atoms with E-state index in [0.29, 0.717) is 48.9 Å². The molecule has 1 heterocycles. The summed E-state index contributed by atoms with van der Waals surface area (Å²) in [5.41, 5.74) is 0.906. The summed E-state index contributed by atoms with van der Waals surface area (Å²) in [6.07, 6.45) is 10.1. The van der Waals surface area contributed by atoms with Gasteiger partial charge in [0, 0.05) is 38.5 Å². The number of hydrogen-bond acceptors (Lipinski definition) is 10. The van der Waals surface area contributed by atoms with Crippen LogP contribution in [0.15, 0.2) is 89.8 Å². The number of hydrogen-bond donors (Lipinski definition) is 5. The molecular weight excluding hydrogens is 901 g/mol. The van der Waals surface area contributed by atoms with Gasteiger partial charge in [0.25, 0.3) is 17.7 Å². The number of nitrogens with zero attached hydrogens (tertiary/aromatic N) is 1. The van der Waals surface area contributed by atoms with E-state index in [1.807, 2.05) is 0 Å². The van der Waals surface area contributed by atoms with E-state index in [-0.39, 0.29) is 66.9 Å². The van der Waals surface area contributed by atoms with Crippen molar-refractivity contribution in [3.05, 3.63) is 102 Å². The van der Waals surface area contributed by atoms with Crippen molar-refractivity contribution in [2.24, 2.45) is 11.8 Å². The molecule has 374 valence electrons. The smallest absolute Gasteiger partial charge is 0.407 e. The Kier molecular flexibility index (Phi) is 20.9. The maximum absolute atomic E-state index is 14.3. The predicted molar refractivity (Wildman–Crippen MR) is 261 cm³/mol. The summed E-state index contributed by atoms with van der Waals surface area (Å²) in [7, 11) is -3.85. The summed E-state index contributed by atoms with van der Waals surface area (Å²) in [5, 5.41) is 11.0. The van der Waals surface area contributed by atoms with Gasteiger partial charge in [-0.15, -0.1) is 0 Å². The van der Waals surface area contributed by atoms with Gasteiger partial charge in [-0.05, 0) is 101 Å². The Morgan fingerprint density at radius 1 is 0.652 bits per heavy atom. The highest BCUT2D eigenvalue weighted by molar-refractivity contribution is 7.89. The van der Waals surface area contributed by atoms with E-state index in [9.17, 15) is 42.0 Å². The molecule has 0 saturated heterocycles. The lowest BCUT2D eigenvalue weighted by molar-refractivity contribution is -0.140. The third-order valence-corrected chi connectivity index (χ3v) is 13.9. The summed E-state index contributed by atoms with van der Waals surface area (Å²) < 4.78 is 33.1. The first kappa shape index (κ1) is 54.0. The molecule has 0 aromatic heterocycles. The van der Waals surface area contributed by atoms with Crippen LogP contribution >= 0.6 is 0 Å². The SMILES string of the molecule is CC(C)(C)OC(=O)NCCCC[C@H](NC(=O)C(CCCCCCCCN1C(=O)c2ccccc2C1=O)C1CCCC1)C(=O)N[C@@H](Cc1ccccc1)C(=O)C(=O)NCCNS(=O)(=O)c1ccccc1. The Bertz CT molecular complexity index is 2280. The van der Waals surface area contributed by atoms with Crippen LogP contribution < -0.4 is 26.0 Å². The van der Waals surface area contributed by atoms with Crippen molar-refractivity contribution in [2.45, 2.75) is 140 Å². The molecule has 16 nitrogen and oxygen atoms in total. The van der Waals surface area contributed by atoms with Crippen LogP contribution in [0, 0.1) is 11.8 Å². The molecule has 5 rings (SSSR count). The summed E-state index contributed by atoms with van der Waals surface area (Å²) in [6, 6.07) is 21.1. The number of imide groups is 1. The predicted octanol–water partition coefficient (Wildman–Crippen LogP) is 6.39. The third-order valence-electron chi connectivity index (χ3n) is 12.4. The first-order valence-corrected chi connectivity index (χ1v) is 26.0. The molecule has 1 unspecified atom stereocenters. The second-order valence-electron chi connectivity index (χ2n) is 18.9. The van der Waals surface area contributed by atoms with E-state index >= 15 is 0 Å². The van der Waals surface area contributed by atoms with Gasteiger partial charge in [-0.25, -0.2) is 17.9 Å². The van der Waals surface area contributed by atoms with Crippen molar-refractivity contribution in [3.63, 3.8) is 0 Å². The second-order valence-corrected chi connectivity index (χ2v) is 20.7. The molecule has 0 radical (unpaired) electrons. The molecule has 1 saturated carbocycles. The van der Waals surface area contributed by atoms with E-state index in [0.717, 1.165) is 57.8 Å². The van der Waals surface area contributed by atoms with Crippen LogP contribution in [0.3, 0.4) is 0 Å². The summed E-state index contributed by atoms with van der Waals surface area (Å²) in [4.78, 5) is 94.9. The molecule has 3 aromatic rings. The van der Waals surface area contributed by atoms with Gasteiger partial charge in [0.2, 0.25) is 27.6 Å². The molecule has 69 heavy (non-hydrogen) atoms. The van der Waals surface area contributed by atoms with Crippen LogP contribution in [0.25, 0.3) is 0 Å². The maximum atomic E-state index is 14.3. The number of rotatable bonds is 28. The van der Waals surface area contributed by atoms with Crippen molar-refractivity contribution < 1.29 is 46.7 Å². The molecule has 17 heteroatoms. The largest absolute Gasteiger partial charge is 0.444 e. The molecular formula is C52H70N6O10S. The Morgan fingerprint density at radius 3 is 1.86 bits per heavy atom. The van der Waals surface area contributed by atoms with Crippen LogP contribution in [-0.4, -0.2) is 98.6 Å². The minimum absolute atomic E-state index is 0.0204. The van der Waals surface area contributed by atoms with Crippen LogP contribution in [-0.2, 0) is 40.4 Å². The molecule has 5 N–H and O–H groups in total. The van der Waals surface area contributed by atoms with Crippen molar-refractivity contribution in [3.8, 4) is 0 Å². The summed E-state index contributed by atoms with van der Waals surface area (Å²) >= 11 is 0. The van der Waals surface area contributed by atoms with E-state index in [1.165, 1.54) is 17.0 Å². The van der Waals surface area contributed by atoms with Crippen LogP contribution in [0.2, 0.25) is 0 Å². The number of nitrogens with one attached hydrogen (secondary N) is 5. The van der Waals surface area contributed by atoms with Crippen molar-refractivity contribution in [2.75, 3.05) is 26.2 Å². The number of amides is 6. The zero-order valence-electron chi connectivity index (χ0n) is 40.3. The average Bonchev–Trinajstić information content (AvgIpc) is 3.94. The van der Waals surface area contributed by atoms with E-state index in [1.54, 1.807) is 93.6 Å². The topological polar surface area (TPSA) is 226 Å². The summed E-state index contributed by atoms with van der Waals surface area (Å²) in [6.45, 7) is 5.55. The first-order chi connectivity index (χ1) is 33.0. The molecule has 0 bridgehead atoms.